The normalized spacial score (nSPS) is 12.0. The lowest BCUT2D eigenvalue weighted by Crippen LogP contribution is -2.35. The van der Waals surface area contributed by atoms with Gasteiger partial charge in [0.05, 0.1) is 6.54 Å². The number of nitrogens with zero attached hydrogens (tertiary/aromatic N) is 1. The van der Waals surface area contributed by atoms with Crippen molar-refractivity contribution in [3.8, 4) is 5.75 Å². The number of benzene rings is 1. The van der Waals surface area contributed by atoms with Crippen LogP contribution in [0.15, 0.2) is 24.3 Å². The Morgan fingerprint density at radius 1 is 1.47 bits per heavy atom. The van der Waals surface area contributed by atoms with E-state index in [1.54, 1.807) is 11.9 Å². The number of ether oxygens (including phenoxy) is 1. The van der Waals surface area contributed by atoms with Gasteiger partial charge in [0.15, 0.2) is 0 Å². The van der Waals surface area contributed by atoms with Crippen LogP contribution in [0.2, 0.25) is 0 Å². The Morgan fingerprint density at radius 2 is 2.21 bits per heavy atom. The Morgan fingerprint density at radius 3 is 2.84 bits per heavy atom. The van der Waals surface area contributed by atoms with E-state index in [0.717, 1.165) is 17.7 Å². The number of amides is 1. The van der Waals surface area contributed by atoms with Crippen LogP contribution in [0.4, 0.5) is 0 Å². The fourth-order valence-corrected chi connectivity index (χ4v) is 1.65. The summed E-state index contributed by atoms with van der Waals surface area (Å²) < 4.78 is 5.61. The predicted octanol–water partition coefficient (Wildman–Crippen LogP) is 1.96. The summed E-state index contributed by atoms with van der Waals surface area (Å²) >= 11 is 0. The van der Waals surface area contributed by atoms with Crippen molar-refractivity contribution < 1.29 is 9.53 Å². The molecule has 0 bridgehead atoms. The molecule has 1 unspecified atom stereocenters. The second-order valence-corrected chi connectivity index (χ2v) is 4.85. The van der Waals surface area contributed by atoms with E-state index in [2.05, 4.69) is 0 Å². The first-order valence-electron chi connectivity index (χ1n) is 6.72. The Labute approximate surface area is 115 Å². The molecule has 1 aromatic rings. The monoisotopic (exact) mass is 264 g/mol. The number of rotatable bonds is 7. The van der Waals surface area contributed by atoms with Crippen LogP contribution in [0.25, 0.3) is 0 Å². The molecule has 1 aromatic carbocycles. The maximum absolute atomic E-state index is 11.8. The summed E-state index contributed by atoms with van der Waals surface area (Å²) in [4.78, 5) is 13.5. The molecule has 0 fully saturated rings. The van der Waals surface area contributed by atoms with Gasteiger partial charge in [-0.3, -0.25) is 4.79 Å². The van der Waals surface area contributed by atoms with E-state index in [1.807, 2.05) is 38.1 Å². The average molecular weight is 264 g/mol. The molecule has 0 saturated heterocycles. The maximum atomic E-state index is 11.8. The van der Waals surface area contributed by atoms with E-state index >= 15 is 0 Å². The predicted molar refractivity (Wildman–Crippen MR) is 77.2 cm³/mol. The highest BCUT2D eigenvalue weighted by atomic mass is 16.5. The van der Waals surface area contributed by atoms with Crippen molar-refractivity contribution in [3.63, 3.8) is 0 Å². The minimum absolute atomic E-state index is 0.0485. The Kier molecular flexibility index (Phi) is 6.36. The molecule has 4 nitrogen and oxygen atoms in total. The van der Waals surface area contributed by atoms with Crippen molar-refractivity contribution in [1.29, 1.82) is 0 Å². The second-order valence-electron chi connectivity index (χ2n) is 4.85. The molecule has 0 aliphatic rings. The number of carbonyl (C=O) groups excluding carboxylic acids is 1. The molecule has 1 atom stereocenters. The number of carbonyl (C=O) groups is 1. The van der Waals surface area contributed by atoms with Crippen LogP contribution in [0, 0.1) is 6.92 Å². The number of hydrogen-bond acceptors (Lipinski definition) is 3. The van der Waals surface area contributed by atoms with Gasteiger partial charge in [-0.25, -0.2) is 0 Å². The number of hydrogen-bond donors (Lipinski definition) is 1. The average Bonchev–Trinajstić information content (AvgIpc) is 2.38. The lowest BCUT2D eigenvalue weighted by atomic mass is 10.1. The molecule has 0 aliphatic heterocycles. The van der Waals surface area contributed by atoms with E-state index in [1.165, 1.54) is 0 Å². The minimum atomic E-state index is -0.0485. The second kappa shape index (κ2) is 7.79. The minimum Gasteiger partial charge on any atom is -0.492 e. The summed E-state index contributed by atoms with van der Waals surface area (Å²) in [6, 6.07) is 7.83. The molecule has 0 spiro atoms. The summed E-state index contributed by atoms with van der Waals surface area (Å²) in [6.45, 7) is 5.07. The van der Waals surface area contributed by atoms with Crippen molar-refractivity contribution in [1.82, 2.24) is 4.90 Å². The third kappa shape index (κ3) is 5.75. The Hall–Kier alpha value is -1.55. The first kappa shape index (κ1) is 15.5. The first-order chi connectivity index (χ1) is 9.02. The van der Waals surface area contributed by atoms with Gasteiger partial charge in [0.1, 0.15) is 12.4 Å². The van der Waals surface area contributed by atoms with Crippen molar-refractivity contribution >= 4 is 5.91 Å². The summed E-state index contributed by atoms with van der Waals surface area (Å²) in [5.74, 6) is 0.910. The fourth-order valence-electron chi connectivity index (χ4n) is 1.65. The van der Waals surface area contributed by atoms with Gasteiger partial charge in [0.2, 0.25) is 5.91 Å². The molecule has 0 radical (unpaired) electrons. The summed E-state index contributed by atoms with van der Waals surface area (Å²) in [6.07, 6.45) is 1.22. The molecule has 1 amide bonds. The van der Waals surface area contributed by atoms with Crippen molar-refractivity contribution in [2.75, 3.05) is 20.2 Å². The molecule has 1 rings (SSSR count). The number of aryl methyl sites for hydroxylation is 1. The van der Waals surface area contributed by atoms with Gasteiger partial charge in [0.25, 0.3) is 0 Å². The highest BCUT2D eigenvalue weighted by Gasteiger charge is 2.12. The zero-order chi connectivity index (χ0) is 14.3. The molecule has 0 aliphatic carbocycles. The van der Waals surface area contributed by atoms with Crippen molar-refractivity contribution in [2.45, 2.75) is 32.7 Å². The third-order valence-electron chi connectivity index (χ3n) is 3.07. The number of likely N-dealkylation sites (N-methyl/N-ethyl adjacent to an activating group) is 1. The lowest BCUT2D eigenvalue weighted by Gasteiger charge is -2.19. The van der Waals surface area contributed by atoms with E-state index < -0.39 is 0 Å². The maximum Gasteiger partial charge on any atom is 0.223 e. The molecule has 0 aromatic heterocycles. The standard InChI is InChI=1S/C15H24N2O2/c1-4-13(16)11-15(18)17(3)8-9-19-14-7-5-6-12(2)10-14/h5-7,10,13H,4,8-9,11,16H2,1-3H3. The van der Waals surface area contributed by atoms with Crippen LogP contribution in [0.3, 0.4) is 0 Å². The quantitative estimate of drug-likeness (QED) is 0.819. The molecule has 0 saturated carbocycles. The highest BCUT2D eigenvalue weighted by molar-refractivity contribution is 5.76. The van der Waals surface area contributed by atoms with Crippen LogP contribution < -0.4 is 10.5 Å². The fraction of sp³-hybridized carbons (Fsp3) is 0.533. The van der Waals surface area contributed by atoms with Crippen molar-refractivity contribution in [3.05, 3.63) is 29.8 Å². The van der Waals surface area contributed by atoms with Gasteiger partial charge < -0.3 is 15.4 Å². The molecule has 2 N–H and O–H groups in total. The topological polar surface area (TPSA) is 55.6 Å². The van der Waals surface area contributed by atoms with Gasteiger partial charge in [-0.1, -0.05) is 19.1 Å². The van der Waals surface area contributed by atoms with E-state index in [4.69, 9.17) is 10.5 Å². The zero-order valence-corrected chi connectivity index (χ0v) is 12.1. The molecule has 4 heteroatoms. The molecule has 0 heterocycles. The van der Waals surface area contributed by atoms with Gasteiger partial charge in [-0.2, -0.15) is 0 Å². The largest absolute Gasteiger partial charge is 0.492 e. The first-order valence-corrected chi connectivity index (χ1v) is 6.72. The van der Waals surface area contributed by atoms with Crippen LogP contribution >= 0.6 is 0 Å². The third-order valence-corrected chi connectivity index (χ3v) is 3.07. The number of nitrogens with two attached hydrogens (primary N) is 1. The van der Waals surface area contributed by atoms with Crippen LogP contribution in [0.1, 0.15) is 25.3 Å². The lowest BCUT2D eigenvalue weighted by molar-refractivity contribution is -0.130. The van der Waals surface area contributed by atoms with Crippen LogP contribution in [0.5, 0.6) is 5.75 Å². The van der Waals surface area contributed by atoms with Gasteiger partial charge in [-0.15, -0.1) is 0 Å². The summed E-state index contributed by atoms with van der Waals surface area (Å²) in [5, 5.41) is 0. The highest BCUT2D eigenvalue weighted by Crippen LogP contribution is 2.12. The summed E-state index contributed by atoms with van der Waals surface area (Å²) in [5.41, 5.74) is 6.93. The van der Waals surface area contributed by atoms with Gasteiger partial charge >= 0.3 is 0 Å². The molecular formula is C15H24N2O2. The SMILES string of the molecule is CCC(N)CC(=O)N(C)CCOc1cccc(C)c1. The van der Waals surface area contributed by atoms with E-state index in [-0.39, 0.29) is 11.9 Å². The van der Waals surface area contributed by atoms with Crippen molar-refractivity contribution in [2.24, 2.45) is 5.73 Å². The smallest absolute Gasteiger partial charge is 0.223 e. The van der Waals surface area contributed by atoms with Gasteiger partial charge in [0, 0.05) is 19.5 Å². The van der Waals surface area contributed by atoms with Crippen LogP contribution in [-0.2, 0) is 4.79 Å². The van der Waals surface area contributed by atoms with Crippen LogP contribution in [-0.4, -0.2) is 37.0 Å². The Balaban J connectivity index is 2.30. The molecular weight excluding hydrogens is 240 g/mol. The van der Waals surface area contributed by atoms with E-state index in [9.17, 15) is 4.79 Å². The molecule has 19 heavy (non-hydrogen) atoms. The van der Waals surface area contributed by atoms with Gasteiger partial charge in [-0.05, 0) is 31.0 Å². The summed E-state index contributed by atoms with van der Waals surface area (Å²) in [7, 11) is 1.78. The molecule has 106 valence electrons. The zero-order valence-electron chi connectivity index (χ0n) is 12.1. The van der Waals surface area contributed by atoms with E-state index in [0.29, 0.717) is 19.6 Å². The Bertz CT molecular complexity index is 407.